The summed E-state index contributed by atoms with van der Waals surface area (Å²) in [7, 11) is 0. The molecule has 2 atom stereocenters. The van der Waals surface area contributed by atoms with E-state index in [2.05, 4.69) is 28.0 Å². The van der Waals surface area contributed by atoms with Crippen LogP contribution >= 0.6 is 11.6 Å². The first kappa shape index (κ1) is 20.4. The Morgan fingerprint density at radius 1 is 1.38 bits per heavy atom. The second kappa shape index (κ2) is 8.08. The average Bonchev–Trinajstić information content (AvgIpc) is 3.35. The zero-order valence-electron chi connectivity index (χ0n) is 16.3. The number of fused-ring (bicyclic) bond motifs is 1. The molecule has 3 aliphatic carbocycles. The molecule has 0 aromatic heterocycles. The molecular weight excluding hydrogens is 399 g/mol. The highest BCUT2D eigenvalue weighted by molar-refractivity contribution is 6.30. The van der Waals surface area contributed by atoms with Gasteiger partial charge >= 0.3 is 0 Å². The standard InChI is InChI=1S/C20H26ClFN4O3/c1-2-26-6-5-16(25-26)19(28)24-20-8-12(9-20)17(10-20)23-18(27)11-29-13-3-4-14(21)15(22)7-13/h3-4,7,12,16-17,25H,2,5-6,8-11H2,1H3,(H,23,27)(H,24,28)/t12?,16?,17-,20?/m0/s1. The molecule has 158 valence electrons. The van der Waals surface area contributed by atoms with Gasteiger partial charge in [-0.2, -0.15) is 0 Å². The van der Waals surface area contributed by atoms with Crippen molar-refractivity contribution in [1.82, 2.24) is 21.1 Å². The number of carbonyl (C=O) groups excluding carboxylic acids is 2. The van der Waals surface area contributed by atoms with Crippen molar-refractivity contribution in [3.63, 3.8) is 0 Å². The number of benzene rings is 1. The van der Waals surface area contributed by atoms with E-state index in [-0.39, 0.29) is 46.8 Å². The summed E-state index contributed by atoms with van der Waals surface area (Å²) in [5.41, 5.74) is 3.02. The molecule has 0 radical (unpaired) electrons. The Labute approximate surface area is 174 Å². The second-order valence-corrected chi connectivity index (χ2v) is 8.64. The largest absolute Gasteiger partial charge is 0.484 e. The molecule has 5 rings (SSSR count). The van der Waals surface area contributed by atoms with Gasteiger partial charge in [0.25, 0.3) is 5.91 Å². The maximum Gasteiger partial charge on any atom is 0.258 e. The number of hydrazine groups is 1. The van der Waals surface area contributed by atoms with E-state index < -0.39 is 5.82 Å². The lowest BCUT2D eigenvalue weighted by atomic mass is 9.76. The van der Waals surface area contributed by atoms with Crippen molar-refractivity contribution in [3.8, 4) is 5.75 Å². The quantitative estimate of drug-likeness (QED) is 0.619. The van der Waals surface area contributed by atoms with Crippen molar-refractivity contribution in [2.75, 3.05) is 19.7 Å². The third kappa shape index (κ3) is 4.34. The molecule has 29 heavy (non-hydrogen) atoms. The molecule has 0 spiro atoms. The van der Waals surface area contributed by atoms with Crippen LogP contribution < -0.4 is 20.8 Å². The molecular formula is C20H26ClFN4O3. The minimum absolute atomic E-state index is 0.00934. The van der Waals surface area contributed by atoms with E-state index in [4.69, 9.17) is 16.3 Å². The van der Waals surface area contributed by atoms with Gasteiger partial charge in [-0.15, -0.1) is 0 Å². The zero-order valence-corrected chi connectivity index (χ0v) is 17.1. The molecule has 4 aliphatic rings. The number of ether oxygens (including phenoxy) is 1. The van der Waals surface area contributed by atoms with Crippen LogP contribution in [0.4, 0.5) is 4.39 Å². The summed E-state index contributed by atoms with van der Waals surface area (Å²) in [5, 5.41) is 8.27. The Bertz CT molecular complexity index is 802. The monoisotopic (exact) mass is 424 g/mol. The average molecular weight is 425 g/mol. The topological polar surface area (TPSA) is 82.7 Å². The molecule has 1 unspecified atom stereocenters. The van der Waals surface area contributed by atoms with Crippen molar-refractivity contribution < 1.29 is 18.7 Å². The second-order valence-electron chi connectivity index (χ2n) is 8.23. The van der Waals surface area contributed by atoms with Crippen molar-refractivity contribution in [2.45, 2.75) is 50.2 Å². The third-order valence-corrected chi connectivity index (χ3v) is 6.51. The fourth-order valence-corrected chi connectivity index (χ4v) is 4.81. The van der Waals surface area contributed by atoms with Crippen LogP contribution in [-0.2, 0) is 9.59 Å². The van der Waals surface area contributed by atoms with Gasteiger partial charge in [0.2, 0.25) is 5.91 Å². The van der Waals surface area contributed by atoms with Crippen LogP contribution in [0.25, 0.3) is 0 Å². The van der Waals surface area contributed by atoms with Gasteiger partial charge in [0.05, 0.1) is 5.02 Å². The van der Waals surface area contributed by atoms with Crippen LogP contribution in [0.3, 0.4) is 0 Å². The zero-order chi connectivity index (χ0) is 20.6. The highest BCUT2D eigenvalue weighted by Gasteiger charge is 2.57. The minimum atomic E-state index is -0.585. The Hall–Kier alpha value is -1.90. The lowest BCUT2D eigenvalue weighted by Gasteiger charge is -2.39. The summed E-state index contributed by atoms with van der Waals surface area (Å²) in [5.74, 6) is -0.171. The summed E-state index contributed by atoms with van der Waals surface area (Å²) in [6.07, 6.45) is 3.31. The van der Waals surface area contributed by atoms with Gasteiger partial charge in [0, 0.05) is 30.7 Å². The molecule has 2 amide bonds. The number of rotatable bonds is 7. The molecule has 3 saturated carbocycles. The predicted octanol–water partition coefficient (Wildman–Crippen LogP) is 1.61. The summed E-state index contributed by atoms with van der Waals surface area (Å²) >= 11 is 5.64. The first-order valence-electron chi connectivity index (χ1n) is 10.1. The lowest BCUT2D eigenvalue weighted by Crippen LogP contribution is -2.56. The summed E-state index contributed by atoms with van der Waals surface area (Å²) in [4.78, 5) is 24.8. The molecule has 4 fully saturated rings. The van der Waals surface area contributed by atoms with E-state index in [1.807, 2.05) is 0 Å². The van der Waals surface area contributed by atoms with Gasteiger partial charge in [-0.25, -0.2) is 14.8 Å². The normalized spacial score (nSPS) is 30.7. The van der Waals surface area contributed by atoms with Crippen LogP contribution in [0.5, 0.6) is 5.75 Å². The number of nitrogens with one attached hydrogen (secondary N) is 3. The summed E-state index contributed by atoms with van der Waals surface area (Å²) in [6.45, 7) is 3.61. The summed E-state index contributed by atoms with van der Waals surface area (Å²) < 4.78 is 18.8. The molecule has 3 N–H and O–H groups in total. The first-order valence-corrected chi connectivity index (χ1v) is 10.5. The van der Waals surface area contributed by atoms with E-state index in [1.54, 1.807) is 0 Å². The third-order valence-electron chi connectivity index (χ3n) is 6.21. The first-order chi connectivity index (χ1) is 13.9. The van der Waals surface area contributed by atoms with Gasteiger partial charge in [-0.05, 0) is 43.7 Å². The number of nitrogens with zero attached hydrogens (tertiary/aromatic N) is 1. The Morgan fingerprint density at radius 2 is 2.17 bits per heavy atom. The van der Waals surface area contributed by atoms with E-state index in [0.717, 1.165) is 44.8 Å². The fraction of sp³-hybridized carbons (Fsp3) is 0.600. The highest BCUT2D eigenvalue weighted by atomic mass is 35.5. The van der Waals surface area contributed by atoms with Crippen LogP contribution in [0, 0.1) is 11.7 Å². The maximum atomic E-state index is 13.4. The van der Waals surface area contributed by atoms with Crippen LogP contribution in [0.15, 0.2) is 18.2 Å². The molecule has 1 aliphatic heterocycles. The Balaban J connectivity index is 1.23. The van der Waals surface area contributed by atoms with E-state index in [9.17, 15) is 14.0 Å². The molecule has 7 nitrogen and oxygen atoms in total. The molecule has 1 saturated heterocycles. The van der Waals surface area contributed by atoms with Gasteiger partial charge in [-0.3, -0.25) is 9.59 Å². The number of hydrogen-bond acceptors (Lipinski definition) is 5. The summed E-state index contributed by atoms with van der Waals surface area (Å²) in [6, 6.07) is 3.92. The van der Waals surface area contributed by atoms with Crippen molar-refractivity contribution in [2.24, 2.45) is 5.92 Å². The number of amides is 2. The molecule has 1 heterocycles. The number of halogens is 2. The van der Waals surface area contributed by atoms with E-state index in [1.165, 1.54) is 12.1 Å². The van der Waals surface area contributed by atoms with E-state index >= 15 is 0 Å². The number of carbonyl (C=O) groups is 2. The minimum Gasteiger partial charge on any atom is -0.484 e. The molecule has 1 aromatic carbocycles. The van der Waals surface area contributed by atoms with Gasteiger partial charge in [-0.1, -0.05) is 18.5 Å². The molecule has 2 bridgehead atoms. The van der Waals surface area contributed by atoms with E-state index in [0.29, 0.717) is 5.92 Å². The Kier molecular flexibility index (Phi) is 5.68. The van der Waals surface area contributed by atoms with Gasteiger partial charge in [0.15, 0.2) is 6.61 Å². The SMILES string of the molecule is CCN1CCC(C(=O)NC23CC(C2)[C@@H](NC(=O)COc2ccc(Cl)c(F)c2)C3)N1. The number of hydrogen-bond donors (Lipinski definition) is 3. The Morgan fingerprint density at radius 3 is 2.86 bits per heavy atom. The van der Waals surface area contributed by atoms with Crippen molar-refractivity contribution in [1.29, 1.82) is 0 Å². The van der Waals surface area contributed by atoms with Crippen LogP contribution in [0.2, 0.25) is 5.02 Å². The van der Waals surface area contributed by atoms with Crippen LogP contribution in [0.1, 0.15) is 32.6 Å². The van der Waals surface area contributed by atoms with Gasteiger partial charge in [0.1, 0.15) is 17.6 Å². The lowest BCUT2D eigenvalue weighted by molar-refractivity contribution is -0.126. The molecule has 9 heteroatoms. The fourth-order valence-electron chi connectivity index (χ4n) is 4.69. The van der Waals surface area contributed by atoms with Gasteiger partial charge < -0.3 is 15.4 Å². The molecule has 1 aromatic rings. The van der Waals surface area contributed by atoms with Crippen molar-refractivity contribution >= 4 is 23.4 Å². The maximum absolute atomic E-state index is 13.4. The predicted molar refractivity (Wildman–Crippen MR) is 106 cm³/mol. The van der Waals surface area contributed by atoms with Crippen molar-refractivity contribution in [3.05, 3.63) is 29.0 Å². The smallest absolute Gasteiger partial charge is 0.258 e. The highest BCUT2D eigenvalue weighted by Crippen LogP contribution is 2.52. The van der Waals surface area contributed by atoms with Crippen LogP contribution in [-0.4, -0.2) is 54.1 Å².